The quantitative estimate of drug-likeness (QED) is 0.405. The summed E-state index contributed by atoms with van der Waals surface area (Å²) in [4.78, 5) is 35.8. The maximum absolute atomic E-state index is 13.7. The molecule has 0 saturated carbocycles. The predicted octanol–water partition coefficient (Wildman–Crippen LogP) is 5.08. The highest BCUT2D eigenvalue weighted by Crippen LogP contribution is 2.29. The summed E-state index contributed by atoms with van der Waals surface area (Å²) in [6.07, 6.45) is 0.883. The molecule has 156 valence electrons. The molecule has 0 aliphatic heterocycles. The molecule has 0 radical (unpaired) electrons. The number of aryl methyl sites for hydroxylation is 1. The summed E-state index contributed by atoms with van der Waals surface area (Å²) in [5.41, 5.74) is 5.05. The number of para-hydroxylation sites is 1. The molecule has 2 N–H and O–H groups in total. The minimum atomic E-state index is -0.0293. The van der Waals surface area contributed by atoms with Crippen LogP contribution in [-0.2, 0) is 6.42 Å². The second-order valence-electron chi connectivity index (χ2n) is 7.96. The van der Waals surface area contributed by atoms with Gasteiger partial charge in [0, 0.05) is 34.8 Å². The summed E-state index contributed by atoms with van der Waals surface area (Å²) in [5.74, 6) is 0. The van der Waals surface area contributed by atoms with Gasteiger partial charge in [0.2, 0.25) is 0 Å². The number of fused-ring (bicyclic) bond motifs is 4. The highest BCUT2D eigenvalue weighted by molar-refractivity contribution is 6.05. The molecule has 5 nitrogen and oxygen atoms in total. The Bertz CT molecular complexity index is 1590. The molecule has 3 aromatic carbocycles. The third kappa shape index (κ3) is 2.92. The zero-order valence-corrected chi connectivity index (χ0v) is 18.0. The molecule has 5 heteroatoms. The molecule has 0 spiro atoms. The maximum Gasteiger partial charge on any atom is 0.199 e. The summed E-state index contributed by atoms with van der Waals surface area (Å²) in [6.45, 7) is 7.98. The lowest BCUT2D eigenvalue weighted by Crippen LogP contribution is -2.24. The van der Waals surface area contributed by atoms with Crippen molar-refractivity contribution in [1.82, 2.24) is 9.97 Å². The number of nitrogens with zero attached hydrogens (tertiary/aromatic N) is 1. The van der Waals surface area contributed by atoms with Crippen molar-refractivity contribution in [3.63, 3.8) is 0 Å². The van der Waals surface area contributed by atoms with Crippen LogP contribution < -0.4 is 15.8 Å². The number of nitrogens with one attached hydrogen (secondary N) is 2. The number of pyridine rings is 2. The van der Waals surface area contributed by atoms with Crippen molar-refractivity contribution < 1.29 is 0 Å². The lowest BCUT2D eigenvalue weighted by atomic mass is 10.0. The summed E-state index contributed by atoms with van der Waals surface area (Å²) < 4.78 is 0. The van der Waals surface area contributed by atoms with Gasteiger partial charge in [0.25, 0.3) is 0 Å². The van der Waals surface area contributed by atoms with Gasteiger partial charge in [0.15, 0.2) is 10.9 Å². The Morgan fingerprint density at radius 3 is 2.03 bits per heavy atom. The fourth-order valence-corrected chi connectivity index (χ4v) is 4.58. The van der Waals surface area contributed by atoms with Crippen LogP contribution in [0.25, 0.3) is 43.6 Å². The van der Waals surface area contributed by atoms with Gasteiger partial charge in [-0.2, -0.15) is 0 Å². The van der Waals surface area contributed by atoms with Crippen molar-refractivity contribution in [2.45, 2.75) is 27.2 Å². The number of aromatic nitrogens is 2. The fraction of sp³-hybridized carbons (Fsp3) is 0.231. The van der Waals surface area contributed by atoms with E-state index in [-0.39, 0.29) is 10.9 Å². The van der Waals surface area contributed by atoms with Crippen molar-refractivity contribution in [3.8, 4) is 0 Å². The smallest absolute Gasteiger partial charge is 0.199 e. The van der Waals surface area contributed by atoms with Crippen LogP contribution in [0.15, 0.2) is 58.1 Å². The van der Waals surface area contributed by atoms with E-state index in [0.717, 1.165) is 36.2 Å². The first-order chi connectivity index (χ1) is 15.0. The number of H-pyrrole nitrogens is 2. The van der Waals surface area contributed by atoms with Gasteiger partial charge in [-0.05, 0) is 62.2 Å². The highest BCUT2D eigenvalue weighted by Gasteiger charge is 2.16. The molecule has 5 rings (SSSR count). The Morgan fingerprint density at radius 2 is 1.35 bits per heavy atom. The number of rotatable bonds is 4. The van der Waals surface area contributed by atoms with Crippen LogP contribution in [0.5, 0.6) is 0 Å². The monoisotopic (exact) mass is 411 g/mol. The van der Waals surface area contributed by atoms with Gasteiger partial charge < -0.3 is 14.9 Å². The van der Waals surface area contributed by atoms with Gasteiger partial charge in [-0.1, -0.05) is 19.1 Å². The van der Waals surface area contributed by atoms with Crippen LogP contribution in [0.2, 0.25) is 0 Å². The first-order valence-electron chi connectivity index (χ1n) is 10.9. The van der Waals surface area contributed by atoms with Crippen LogP contribution in [0.4, 0.5) is 5.69 Å². The Kier molecular flexibility index (Phi) is 4.54. The van der Waals surface area contributed by atoms with E-state index in [1.54, 1.807) is 0 Å². The first kappa shape index (κ1) is 19.4. The Labute approximate surface area is 179 Å². The van der Waals surface area contributed by atoms with Gasteiger partial charge in [0.1, 0.15) is 0 Å². The zero-order chi connectivity index (χ0) is 21.7. The van der Waals surface area contributed by atoms with Gasteiger partial charge in [-0.3, -0.25) is 9.59 Å². The molecule has 0 unspecified atom stereocenters. The minimum Gasteiger partial charge on any atom is -0.371 e. The zero-order valence-electron chi connectivity index (χ0n) is 18.0. The van der Waals surface area contributed by atoms with Gasteiger partial charge >= 0.3 is 0 Å². The molecule has 2 aromatic heterocycles. The SMILES string of the molecule is CCc1cc(N(CC)CC)c2c(=O)c3cc4[nH]c5ccccc5c(=O)c4cc3[nH]c2c1. The highest BCUT2D eigenvalue weighted by atomic mass is 16.1. The second kappa shape index (κ2) is 7.27. The van der Waals surface area contributed by atoms with E-state index in [0.29, 0.717) is 32.6 Å². The van der Waals surface area contributed by atoms with Gasteiger partial charge in [0.05, 0.1) is 27.6 Å². The van der Waals surface area contributed by atoms with Crippen molar-refractivity contribution >= 4 is 49.3 Å². The van der Waals surface area contributed by atoms with Crippen molar-refractivity contribution in [3.05, 3.63) is 74.5 Å². The molecule has 5 aromatic rings. The largest absolute Gasteiger partial charge is 0.371 e. The summed E-state index contributed by atoms with van der Waals surface area (Å²) >= 11 is 0. The summed E-state index contributed by atoms with van der Waals surface area (Å²) in [5, 5.41) is 2.52. The van der Waals surface area contributed by atoms with E-state index in [9.17, 15) is 9.59 Å². The molecule has 31 heavy (non-hydrogen) atoms. The number of anilines is 1. The van der Waals surface area contributed by atoms with Gasteiger partial charge in [-0.15, -0.1) is 0 Å². The van der Waals surface area contributed by atoms with Crippen LogP contribution in [0, 0.1) is 0 Å². The van der Waals surface area contributed by atoms with Crippen LogP contribution in [0.1, 0.15) is 26.3 Å². The molecule has 0 amide bonds. The molecular weight excluding hydrogens is 386 g/mol. The van der Waals surface area contributed by atoms with E-state index in [2.05, 4.69) is 47.8 Å². The molecule has 0 aliphatic carbocycles. The standard InChI is InChI=1S/C26H25N3O2/c1-4-15-11-22-24(23(12-15)29(5-2)6-3)26(31)18-14-20-17(13-21(18)28-22)25(30)16-9-7-8-10-19(16)27-20/h7-14H,4-6H2,1-3H3,(H,27,30)(H,28,31). The minimum absolute atomic E-state index is 0.00999. The van der Waals surface area contributed by atoms with Gasteiger partial charge in [-0.25, -0.2) is 0 Å². The topological polar surface area (TPSA) is 69.0 Å². The van der Waals surface area contributed by atoms with Crippen molar-refractivity contribution in [2.24, 2.45) is 0 Å². The van der Waals surface area contributed by atoms with E-state index in [1.165, 1.54) is 5.56 Å². The predicted molar refractivity (Wildman–Crippen MR) is 131 cm³/mol. The Hall–Kier alpha value is -3.60. The van der Waals surface area contributed by atoms with Crippen molar-refractivity contribution in [2.75, 3.05) is 18.0 Å². The van der Waals surface area contributed by atoms with Crippen molar-refractivity contribution in [1.29, 1.82) is 0 Å². The van der Waals surface area contributed by atoms with E-state index < -0.39 is 0 Å². The maximum atomic E-state index is 13.7. The average Bonchev–Trinajstić information content (AvgIpc) is 2.79. The fourth-order valence-electron chi connectivity index (χ4n) is 4.58. The summed E-state index contributed by atoms with van der Waals surface area (Å²) in [6, 6.07) is 15.3. The molecule has 0 saturated heterocycles. The lowest BCUT2D eigenvalue weighted by Gasteiger charge is -2.23. The number of aromatic amines is 2. The normalized spacial score (nSPS) is 11.7. The summed E-state index contributed by atoms with van der Waals surface area (Å²) in [7, 11) is 0. The second-order valence-corrected chi connectivity index (χ2v) is 7.96. The third-order valence-electron chi connectivity index (χ3n) is 6.27. The van der Waals surface area contributed by atoms with E-state index in [4.69, 9.17) is 0 Å². The Morgan fingerprint density at radius 1 is 0.710 bits per heavy atom. The number of hydrogen-bond donors (Lipinski definition) is 2. The first-order valence-corrected chi connectivity index (χ1v) is 10.9. The van der Waals surface area contributed by atoms with E-state index in [1.807, 2.05) is 36.4 Å². The lowest BCUT2D eigenvalue weighted by molar-refractivity contribution is 0.868. The molecular formula is C26H25N3O2. The Balaban J connectivity index is 1.94. The molecule has 2 heterocycles. The molecule has 0 fully saturated rings. The number of benzene rings is 3. The molecule has 0 atom stereocenters. The molecule has 0 aliphatic rings. The third-order valence-corrected chi connectivity index (χ3v) is 6.27. The van der Waals surface area contributed by atoms with Crippen LogP contribution >= 0.6 is 0 Å². The average molecular weight is 412 g/mol. The number of hydrogen-bond acceptors (Lipinski definition) is 3. The molecule has 0 bridgehead atoms. The van der Waals surface area contributed by atoms with E-state index >= 15 is 0 Å². The van der Waals surface area contributed by atoms with Crippen LogP contribution in [0.3, 0.4) is 0 Å². The van der Waals surface area contributed by atoms with Crippen LogP contribution in [-0.4, -0.2) is 23.1 Å².